The van der Waals surface area contributed by atoms with Gasteiger partial charge >= 0.3 is 5.97 Å². The molecule has 2 saturated carbocycles. The third-order valence-electron chi connectivity index (χ3n) is 10.0. The van der Waals surface area contributed by atoms with E-state index in [-0.39, 0.29) is 16.4 Å². The van der Waals surface area contributed by atoms with Crippen LogP contribution >= 0.6 is 0 Å². The van der Waals surface area contributed by atoms with Crippen molar-refractivity contribution in [1.29, 1.82) is 0 Å². The molecular formula is C32H55O3Si. The molecule has 3 aliphatic rings. The molecule has 0 bridgehead atoms. The molecule has 3 unspecified atom stereocenters. The summed E-state index contributed by atoms with van der Waals surface area (Å²) in [4.78, 5) is 11.7. The predicted octanol–water partition coefficient (Wildman–Crippen LogP) is 9.05. The van der Waals surface area contributed by atoms with Crippen LogP contribution in [-0.2, 0) is 14.0 Å². The maximum Gasteiger partial charge on any atom is 0.330 e. The minimum Gasteiger partial charge on any atom is -0.463 e. The van der Waals surface area contributed by atoms with Crippen LogP contribution in [0.25, 0.3) is 0 Å². The zero-order valence-corrected chi connectivity index (χ0v) is 26.1. The van der Waals surface area contributed by atoms with Gasteiger partial charge in [0.25, 0.3) is 0 Å². The lowest BCUT2D eigenvalue weighted by atomic mass is 9.43. The van der Waals surface area contributed by atoms with Gasteiger partial charge in [-0.1, -0.05) is 72.6 Å². The van der Waals surface area contributed by atoms with Gasteiger partial charge < -0.3 is 9.16 Å². The highest BCUT2D eigenvalue weighted by atomic mass is 28.3. The summed E-state index contributed by atoms with van der Waals surface area (Å²) in [6.07, 6.45) is 13.8. The molecule has 2 fully saturated rings. The highest BCUT2D eigenvalue weighted by Gasteiger charge is 2.59. The lowest BCUT2D eigenvalue weighted by molar-refractivity contribution is -0.143. The molecule has 0 aromatic carbocycles. The van der Waals surface area contributed by atoms with Crippen LogP contribution in [0.3, 0.4) is 0 Å². The number of rotatable bonds is 8. The Balaban J connectivity index is 1.76. The maximum atomic E-state index is 11.7. The van der Waals surface area contributed by atoms with Crippen LogP contribution in [0.1, 0.15) is 121 Å². The summed E-state index contributed by atoms with van der Waals surface area (Å²) in [6.45, 7) is 24.3. The van der Waals surface area contributed by atoms with Gasteiger partial charge in [0.15, 0.2) is 0 Å². The second-order valence-electron chi connectivity index (χ2n) is 14.1. The number of carbonyl (C=O) groups excluding carboxylic acids is 1. The van der Waals surface area contributed by atoms with E-state index in [0.29, 0.717) is 29.6 Å². The molecule has 0 N–H and O–H groups in total. The Bertz CT molecular complexity index is 833. The zero-order valence-electron chi connectivity index (χ0n) is 25.1. The van der Waals surface area contributed by atoms with E-state index < -0.39 is 9.04 Å². The molecule has 0 aromatic heterocycles. The smallest absolute Gasteiger partial charge is 0.330 e. The number of carbonyl (C=O) groups is 1. The first-order valence-corrected chi connectivity index (χ1v) is 16.3. The second kappa shape index (κ2) is 11.5. The quantitative estimate of drug-likeness (QED) is 0.140. The van der Waals surface area contributed by atoms with Gasteiger partial charge in [0, 0.05) is 6.08 Å². The fourth-order valence-electron chi connectivity index (χ4n) is 8.56. The van der Waals surface area contributed by atoms with E-state index in [9.17, 15) is 4.79 Å². The largest absolute Gasteiger partial charge is 0.463 e. The van der Waals surface area contributed by atoms with Crippen molar-refractivity contribution in [3.8, 4) is 0 Å². The predicted molar refractivity (Wildman–Crippen MR) is 153 cm³/mol. The highest BCUT2D eigenvalue weighted by molar-refractivity contribution is 6.56. The van der Waals surface area contributed by atoms with Gasteiger partial charge in [-0.25, -0.2) is 4.79 Å². The third-order valence-corrected chi connectivity index (χ3v) is 13.1. The van der Waals surface area contributed by atoms with E-state index in [2.05, 4.69) is 62.3 Å². The van der Waals surface area contributed by atoms with Crippen LogP contribution in [0.5, 0.6) is 0 Å². The molecular weight excluding hydrogens is 460 g/mol. The first-order chi connectivity index (χ1) is 16.7. The van der Waals surface area contributed by atoms with Crippen LogP contribution in [-0.4, -0.2) is 27.7 Å². The topological polar surface area (TPSA) is 35.5 Å². The van der Waals surface area contributed by atoms with Crippen molar-refractivity contribution in [3.05, 3.63) is 23.3 Å². The van der Waals surface area contributed by atoms with Crippen LogP contribution in [0.2, 0.25) is 10.6 Å². The summed E-state index contributed by atoms with van der Waals surface area (Å²) < 4.78 is 12.2. The lowest BCUT2D eigenvalue weighted by Gasteiger charge is -2.63. The molecule has 0 heterocycles. The first-order valence-electron chi connectivity index (χ1n) is 14.8. The van der Waals surface area contributed by atoms with Gasteiger partial charge in [-0.05, 0) is 104 Å². The Hall–Kier alpha value is -0.873. The number of hydrogen-bond donors (Lipinski definition) is 0. The molecule has 3 rings (SSSR count). The number of fused-ring (bicyclic) bond motifs is 3. The minimum atomic E-state index is -0.911. The van der Waals surface area contributed by atoms with Gasteiger partial charge in [-0.15, -0.1) is 0 Å². The lowest BCUT2D eigenvalue weighted by Crippen LogP contribution is -2.58. The Morgan fingerprint density at radius 1 is 1.14 bits per heavy atom. The van der Waals surface area contributed by atoms with Crippen molar-refractivity contribution in [2.75, 3.05) is 6.61 Å². The Morgan fingerprint density at radius 3 is 2.44 bits per heavy atom. The van der Waals surface area contributed by atoms with Gasteiger partial charge in [-0.2, -0.15) is 0 Å². The summed E-state index contributed by atoms with van der Waals surface area (Å²) in [6, 6.07) is 0. The molecule has 36 heavy (non-hydrogen) atoms. The molecule has 1 radical (unpaired) electrons. The summed E-state index contributed by atoms with van der Waals surface area (Å²) >= 11 is 0. The molecule has 0 aliphatic heterocycles. The molecule has 0 aromatic rings. The van der Waals surface area contributed by atoms with Crippen LogP contribution in [0, 0.1) is 28.6 Å². The highest BCUT2D eigenvalue weighted by Crippen LogP contribution is 2.65. The molecule has 3 aliphatic carbocycles. The SMILES string of the molecule is CCOC(=O)/C=C/CCC1=C(C)CCC2C1CCC1C(C)(C)[C@@H](O[Si](C(C)C)C(C)(C)C)CC[C@]21C. The van der Waals surface area contributed by atoms with Gasteiger partial charge in [0.05, 0.1) is 12.7 Å². The average molecular weight is 516 g/mol. The molecule has 5 atom stereocenters. The van der Waals surface area contributed by atoms with Gasteiger partial charge in [0.1, 0.15) is 0 Å². The number of allylic oxidation sites excluding steroid dienone is 3. The van der Waals surface area contributed by atoms with Crippen molar-refractivity contribution in [2.45, 2.75) is 137 Å². The summed E-state index contributed by atoms with van der Waals surface area (Å²) in [7, 11) is -0.911. The second-order valence-corrected chi connectivity index (χ2v) is 17.7. The fraction of sp³-hybridized carbons (Fsp3) is 0.844. The van der Waals surface area contributed by atoms with Crippen LogP contribution < -0.4 is 0 Å². The van der Waals surface area contributed by atoms with E-state index in [1.165, 1.54) is 38.5 Å². The standard InChI is InChI=1S/C32H55O3Si/c1-11-34-29(33)15-13-12-14-24-23(4)16-18-26-25(24)17-19-27-31(8,9)28(20-21-32(26,27)10)35-36(22(2)3)30(5,6)7/h13,15,22,25-28H,11-12,14,16-21H2,1-10H3/b15-13+/t25?,26?,27?,28-,32+/m0/s1. The minimum absolute atomic E-state index is 0.215. The molecule has 0 spiro atoms. The van der Waals surface area contributed by atoms with Crippen molar-refractivity contribution in [1.82, 2.24) is 0 Å². The van der Waals surface area contributed by atoms with E-state index in [1.807, 2.05) is 13.0 Å². The third kappa shape index (κ3) is 6.06. The maximum absolute atomic E-state index is 11.7. The van der Waals surface area contributed by atoms with Crippen LogP contribution in [0.4, 0.5) is 0 Å². The fourth-order valence-corrected chi connectivity index (χ4v) is 11.6. The van der Waals surface area contributed by atoms with Gasteiger partial charge in [0.2, 0.25) is 9.04 Å². The normalized spacial score (nSPS) is 32.7. The average Bonchev–Trinajstić information content (AvgIpc) is 2.76. The molecule has 0 saturated heterocycles. The number of esters is 1. The number of hydrogen-bond acceptors (Lipinski definition) is 3. The summed E-state index contributed by atoms with van der Waals surface area (Å²) in [5.41, 5.74) is 4.56. The number of ether oxygens (including phenoxy) is 1. The first kappa shape index (κ1) is 29.7. The molecule has 3 nitrogen and oxygen atoms in total. The Kier molecular flexibility index (Phi) is 9.46. The molecule has 0 amide bonds. The molecule has 4 heteroatoms. The van der Waals surface area contributed by atoms with Crippen molar-refractivity contribution in [2.24, 2.45) is 28.6 Å². The van der Waals surface area contributed by atoms with Crippen molar-refractivity contribution in [3.63, 3.8) is 0 Å². The van der Waals surface area contributed by atoms with Crippen molar-refractivity contribution < 1.29 is 14.0 Å². The van der Waals surface area contributed by atoms with E-state index in [4.69, 9.17) is 9.16 Å². The Labute approximate surface area is 224 Å². The van der Waals surface area contributed by atoms with E-state index in [0.717, 1.165) is 24.7 Å². The van der Waals surface area contributed by atoms with E-state index >= 15 is 0 Å². The molecule has 205 valence electrons. The van der Waals surface area contributed by atoms with E-state index in [1.54, 1.807) is 17.2 Å². The monoisotopic (exact) mass is 515 g/mol. The summed E-state index contributed by atoms with van der Waals surface area (Å²) in [5, 5.41) is 0.260. The van der Waals surface area contributed by atoms with Crippen molar-refractivity contribution >= 4 is 15.0 Å². The Morgan fingerprint density at radius 2 is 1.83 bits per heavy atom. The summed E-state index contributed by atoms with van der Waals surface area (Å²) in [5.74, 6) is 2.01. The van der Waals surface area contributed by atoms with Gasteiger partial charge in [-0.3, -0.25) is 0 Å². The zero-order chi connectivity index (χ0) is 26.9. The van der Waals surface area contributed by atoms with Crippen LogP contribution in [0.15, 0.2) is 23.3 Å².